The molecule has 2 fully saturated rings. The van der Waals surface area contributed by atoms with E-state index in [0.29, 0.717) is 29.8 Å². The van der Waals surface area contributed by atoms with Gasteiger partial charge in [-0.2, -0.15) is 0 Å². The monoisotopic (exact) mass is 339 g/mol. The smallest absolute Gasteiger partial charge is 0.261 e. The molecule has 4 rings (SSSR count). The molecule has 1 amide bonds. The average Bonchev–Trinajstić information content (AvgIpc) is 3.25. The number of fused-ring (bicyclic) bond motifs is 3. The molecule has 1 aromatic carbocycles. The number of carbonyl (C=O) groups excluding carboxylic acids is 1. The van der Waals surface area contributed by atoms with E-state index in [0.717, 1.165) is 11.8 Å². The Morgan fingerprint density at radius 2 is 2.16 bits per heavy atom. The number of aryl methyl sites for hydroxylation is 1. The Morgan fingerprint density at radius 3 is 2.92 bits per heavy atom. The van der Waals surface area contributed by atoms with Crippen LogP contribution in [0.15, 0.2) is 35.4 Å². The van der Waals surface area contributed by atoms with E-state index in [-0.39, 0.29) is 17.5 Å². The normalized spacial score (nSPS) is 26.0. The molecular weight excluding hydrogens is 314 g/mol. The maximum atomic E-state index is 12.5. The van der Waals surface area contributed by atoms with E-state index < -0.39 is 0 Å². The van der Waals surface area contributed by atoms with Gasteiger partial charge in [-0.25, -0.2) is 4.98 Å². The first-order valence-corrected chi connectivity index (χ1v) is 9.35. The average molecular weight is 339 g/mol. The molecule has 1 aromatic heterocycles. The lowest BCUT2D eigenvalue weighted by molar-refractivity contribution is -0.122. The van der Waals surface area contributed by atoms with Crippen LogP contribution in [-0.2, 0) is 11.3 Å². The quantitative estimate of drug-likeness (QED) is 0.911. The van der Waals surface area contributed by atoms with Gasteiger partial charge >= 0.3 is 0 Å². The Bertz CT molecular complexity index is 844. The zero-order valence-electron chi connectivity index (χ0n) is 14.6. The third-order valence-corrected chi connectivity index (χ3v) is 6.13. The summed E-state index contributed by atoms with van der Waals surface area (Å²) in [6.45, 7) is 2.50. The van der Waals surface area contributed by atoms with E-state index in [4.69, 9.17) is 0 Å². The second kappa shape index (κ2) is 6.62. The summed E-state index contributed by atoms with van der Waals surface area (Å²) < 4.78 is 1.53. The van der Waals surface area contributed by atoms with Crippen LogP contribution in [0.1, 0.15) is 39.0 Å². The number of hydrogen-bond acceptors (Lipinski definition) is 3. The van der Waals surface area contributed by atoms with Crippen LogP contribution in [0, 0.1) is 17.8 Å². The first-order valence-electron chi connectivity index (χ1n) is 9.35. The van der Waals surface area contributed by atoms with Crippen molar-refractivity contribution >= 4 is 16.8 Å². The number of rotatable bonds is 5. The van der Waals surface area contributed by atoms with Gasteiger partial charge in [0.2, 0.25) is 5.91 Å². The topological polar surface area (TPSA) is 64.0 Å². The molecule has 5 nitrogen and oxygen atoms in total. The van der Waals surface area contributed by atoms with Crippen molar-refractivity contribution in [2.75, 3.05) is 0 Å². The zero-order valence-corrected chi connectivity index (χ0v) is 14.6. The summed E-state index contributed by atoms with van der Waals surface area (Å²) in [7, 11) is 0. The fraction of sp³-hybridized carbons (Fsp3) is 0.550. The summed E-state index contributed by atoms with van der Waals surface area (Å²) in [5.41, 5.74) is 0.609. The molecule has 0 aliphatic heterocycles. The minimum atomic E-state index is -0.0837. The van der Waals surface area contributed by atoms with Crippen molar-refractivity contribution in [1.82, 2.24) is 14.9 Å². The van der Waals surface area contributed by atoms with E-state index in [1.807, 2.05) is 18.2 Å². The van der Waals surface area contributed by atoms with Crippen LogP contribution in [0.2, 0.25) is 0 Å². The highest BCUT2D eigenvalue weighted by Crippen LogP contribution is 2.49. The van der Waals surface area contributed by atoms with Crippen LogP contribution in [-0.4, -0.2) is 21.5 Å². The molecule has 0 radical (unpaired) electrons. The van der Waals surface area contributed by atoms with E-state index in [1.54, 1.807) is 6.07 Å². The largest absolute Gasteiger partial charge is 0.353 e. The van der Waals surface area contributed by atoms with Crippen LogP contribution in [0.3, 0.4) is 0 Å². The SMILES string of the molecule is C[C@H](NC(=O)CCn1cnc2ccccc2c1=O)[C@H]1C[C@H]2CC[C@H]1C2. The number of aromatic nitrogens is 2. The molecule has 0 spiro atoms. The lowest BCUT2D eigenvalue weighted by atomic mass is 9.84. The van der Waals surface area contributed by atoms with Crippen molar-refractivity contribution in [2.24, 2.45) is 17.8 Å². The molecule has 2 aromatic rings. The Kier molecular flexibility index (Phi) is 4.32. The van der Waals surface area contributed by atoms with Gasteiger partial charge in [-0.3, -0.25) is 14.2 Å². The second-order valence-electron chi connectivity index (χ2n) is 7.71. The van der Waals surface area contributed by atoms with E-state index >= 15 is 0 Å². The molecule has 1 heterocycles. The van der Waals surface area contributed by atoms with Gasteiger partial charge in [0.1, 0.15) is 0 Å². The van der Waals surface area contributed by atoms with E-state index in [9.17, 15) is 9.59 Å². The number of nitrogens with one attached hydrogen (secondary N) is 1. The Morgan fingerprint density at radius 1 is 1.32 bits per heavy atom. The van der Waals surface area contributed by atoms with Crippen LogP contribution in [0.5, 0.6) is 0 Å². The lowest BCUT2D eigenvalue weighted by Crippen LogP contribution is -2.40. The Balaban J connectivity index is 1.36. The highest BCUT2D eigenvalue weighted by molar-refractivity contribution is 5.77. The first kappa shape index (κ1) is 16.3. The highest BCUT2D eigenvalue weighted by Gasteiger charge is 2.42. The number of hydrogen-bond donors (Lipinski definition) is 1. The number of amides is 1. The predicted octanol–water partition coefficient (Wildman–Crippen LogP) is 2.73. The van der Waals surface area contributed by atoms with Crippen LogP contribution in [0.25, 0.3) is 10.9 Å². The number of para-hydroxylation sites is 1. The number of carbonyl (C=O) groups is 1. The lowest BCUT2D eigenvalue weighted by Gasteiger charge is -2.28. The maximum Gasteiger partial charge on any atom is 0.261 e. The molecule has 2 aliphatic rings. The third kappa shape index (κ3) is 3.20. The van der Waals surface area contributed by atoms with Gasteiger partial charge in [0.25, 0.3) is 5.56 Å². The van der Waals surface area contributed by atoms with Gasteiger partial charge < -0.3 is 5.32 Å². The van der Waals surface area contributed by atoms with Crippen molar-refractivity contribution in [2.45, 2.75) is 51.6 Å². The predicted molar refractivity (Wildman–Crippen MR) is 97.2 cm³/mol. The van der Waals surface area contributed by atoms with E-state index in [2.05, 4.69) is 17.2 Å². The van der Waals surface area contributed by atoms with Gasteiger partial charge in [0, 0.05) is 19.0 Å². The Hall–Kier alpha value is -2.17. The third-order valence-electron chi connectivity index (χ3n) is 6.13. The summed E-state index contributed by atoms with van der Waals surface area (Å²) in [5, 5.41) is 3.76. The molecule has 0 unspecified atom stereocenters. The van der Waals surface area contributed by atoms with Crippen molar-refractivity contribution in [3.05, 3.63) is 40.9 Å². The van der Waals surface area contributed by atoms with Crippen molar-refractivity contribution in [3.63, 3.8) is 0 Å². The molecule has 2 bridgehead atoms. The summed E-state index contributed by atoms with van der Waals surface area (Å²) in [6.07, 6.45) is 7.17. The number of benzene rings is 1. The second-order valence-corrected chi connectivity index (χ2v) is 7.71. The molecule has 4 atom stereocenters. The van der Waals surface area contributed by atoms with Gasteiger partial charge in [-0.15, -0.1) is 0 Å². The summed E-state index contributed by atoms with van der Waals surface area (Å²) in [4.78, 5) is 29.1. The molecule has 1 N–H and O–H groups in total. The summed E-state index contributed by atoms with van der Waals surface area (Å²) in [5.74, 6) is 2.34. The highest BCUT2D eigenvalue weighted by atomic mass is 16.2. The standard InChI is InChI=1S/C20H25N3O2/c1-13(17-11-14-6-7-15(17)10-14)22-19(24)8-9-23-12-21-18-5-3-2-4-16(18)20(23)25/h2-5,12-15,17H,6-11H2,1H3,(H,22,24)/t13-,14-,15-,17+/m0/s1. The molecule has 0 saturated heterocycles. The maximum absolute atomic E-state index is 12.5. The van der Waals surface area contributed by atoms with Gasteiger partial charge in [0.05, 0.1) is 17.2 Å². The molecule has 132 valence electrons. The molecule has 2 aliphatic carbocycles. The van der Waals surface area contributed by atoms with Crippen molar-refractivity contribution < 1.29 is 4.79 Å². The minimum absolute atomic E-state index is 0.0235. The van der Waals surface area contributed by atoms with Crippen molar-refractivity contribution in [1.29, 1.82) is 0 Å². The van der Waals surface area contributed by atoms with Crippen molar-refractivity contribution in [3.8, 4) is 0 Å². The summed E-state index contributed by atoms with van der Waals surface area (Å²) in [6, 6.07) is 7.53. The first-order chi connectivity index (χ1) is 12.1. The van der Waals surface area contributed by atoms with Gasteiger partial charge in [-0.1, -0.05) is 18.6 Å². The van der Waals surface area contributed by atoms with Crippen LogP contribution >= 0.6 is 0 Å². The molecular formula is C20H25N3O2. The summed E-state index contributed by atoms with van der Waals surface area (Å²) >= 11 is 0. The van der Waals surface area contributed by atoms with E-state index in [1.165, 1.54) is 36.6 Å². The minimum Gasteiger partial charge on any atom is -0.353 e. The fourth-order valence-electron chi connectivity index (χ4n) is 4.83. The van der Waals surface area contributed by atoms with Gasteiger partial charge in [0.15, 0.2) is 0 Å². The Labute approximate surface area is 147 Å². The van der Waals surface area contributed by atoms with Crippen LogP contribution < -0.4 is 10.9 Å². The molecule has 2 saturated carbocycles. The van der Waals surface area contributed by atoms with Crippen LogP contribution in [0.4, 0.5) is 0 Å². The van der Waals surface area contributed by atoms with Gasteiger partial charge in [-0.05, 0) is 56.1 Å². The molecule has 25 heavy (non-hydrogen) atoms. The molecule has 5 heteroatoms. The fourth-order valence-corrected chi connectivity index (χ4v) is 4.83. The number of nitrogens with zero attached hydrogens (tertiary/aromatic N) is 2. The zero-order chi connectivity index (χ0) is 17.4.